The Morgan fingerprint density at radius 3 is 2.86 bits per heavy atom. The van der Waals surface area contributed by atoms with Crippen LogP contribution < -0.4 is 0 Å². The summed E-state index contributed by atoms with van der Waals surface area (Å²) in [7, 11) is 0. The van der Waals surface area contributed by atoms with Crippen LogP contribution in [-0.4, -0.2) is 39.7 Å². The second-order valence-corrected chi connectivity index (χ2v) is 5.70. The van der Waals surface area contributed by atoms with Crippen molar-refractivity contribution in [3.63, 3.8) is 0 Å². The lowest BCUT2D eigenvalue weighted by Gasteiger charge is -2.43. The number of carboxylic acids is 1. The van der Waals surface area contributed by atoms with Crippen LogP contribution in [0.4, 0.5) is 0 Å². The lowest BCUT2D eigenvalue weighted by Crippen LogP contribution is -2.58. The molecule has 0 amide bonds. The predicted molar refractivity (Wildman–Crippen MR) is 82.6 cm³/mol. The van der Waals surface area contributed by atoms with Crippen molar-refractivity contribution in [2.45, 2.75) is 38.1 Å². The molecule has 4 nitrogen and oxygen atoms in total. The Labute approximate surface area is 125 Å². The molecule has 0 aliphatic heterocycles. The summed E-state index contributed by atoms with van der Waals surface area (Å²) < 4.78 is 0. The number of hydrogen-bond acceptors (Lipinski definition) is 3. The fourth-order valence-corrected chi connectivity index (χ4v) is 3.26. The van der Waals surface area contributed by atoms with E-state index in [-0.39, 0.29) is 5.75 Å². The van der Waals surface area contributed by atoms with Crippen molar-refractivity contribution in [2.75, 3.05) is 13.1 Å². The van der Waals surface area contributed by atoms with Crippen LogP contribution in [0.2, 0.25) is 0 Å². The number of hydrogen-bond donors (Lipinski definition) is 2. The molecule has 0 saturated heterocycles. The number of phenolic OH excluding ortho intramolecular Hbond substituents is 1. The molecule has 1 aromatic carbocycles. The van der Waals surface area contributed by atoms with Crippen LogP contribution in [0, 0.1) is 0 Å². The number of aromatic hydroxyl groups is 1. The Kier molecular flexibility index (Phi) is 4.68. The number of fused-ring (bicyclic) bond motifs is 1. The first-order chi connectivity index (χ1) is 10.0. The number of aliphatic carboxylic acids is 1. The molecule has 1 aliphatic carbocycles. The summed E-state index contributed by atoms with van der Waals surface area (Å²) in [5, 5.41) is 19.4. The SMILES string of the molecule is C=CCN(CCC)C1(C(=O)O)CCc2cc(O)ccc2C1. The van der Waals surface area contributed by atoms with Crippen LogP contribution >= 0.6 is 0 Å². The van der Waals surface area contributed by atoms with Gasteiger partial charge < -0.3 is 10.2 Å². The van der Waals surface area contributed by atoms with Gasteiger partial charge in [-0.2, -0.15) is 0 Å². The quantitative estimate of drug-likeness (QED) is 0.790. The van der Waals surface area contributed by atoms with Crippen LogP contribution in [0.25, 0.3) is 0 Å². The van der Waals surface area contributed by atoms with Gasteiger partial charge in [-0.25, -0.2) is 0 Å². The van der Waals surface area contributed by atoms with E-state index in [0.717, 1.165) is 24.1 Å². The molecule has 0 heterocycles. The number of carboxylic acid groups (broad SMARTS) is 1. The topological polar surface area (TPSA) is 60.8 Å². The summed E-state index contributed by atoms with van der Waals surface area (Å²) in [5.74, 6) is -0.524. The Balaban J connectivity index is 2.38. The summed E-state index contributed by atoms with van der Waals surface area (Å²) in [5.41, 5.74) is 1.21. The summed E-state index contributed by atoms with van der Waals surface area (Å²) in [6, 6.07) is 5.23. The van der Waals surface area contributed by atoms with Gasteiger partial charge in [0.15, 0.2) is 0 Å². The van der Waals surface area contributed by atoms with Crippen LogP contribution in [0.5, 0.6) is 5.75 Å². The number of aryl methyl sites for hydroxylation is 1. The molecule has 0 fully saturated rings. The number of benzene rings is 1. The zero-order valence-electron chi connectivity index (χ0n) is 12.5. The molecule has 0 bridgehead atoms. The highest BCUT2D eigenvalue weighted by molar-refractivity contribution is 5.80. The van der Waals surface area contributed by atoms with Crippen molar-refractivity contribution < 1.29 is 15.0 Å². The molecule has 1 aromatic rings. The maximum absolute atomic E-state index is 12.0. The Hall–Kier alpha value is -1.81. The molecule has 2 N–H and O–H groups in total. The fourth-order valence-electron chi connectivity index (χ4n) is 3.26. The molecule has 4 heteroatoms. The summed E-state index contributed by atoms with van der Waals surface area (Å²) >= 11 is 0. The average Bonchev–Trinajstić information content (AvgIpc) is 2.46. The summed E-state index contributed by atoms with van der Waals surface area (Å²) in [6.45, 7) is 7.13. The molecule has 1 unspecified atom stereocenters. The monoisotopic (exact) mass is 289 g/mol. The third-order valence-electron chi connectivity index (χ3n) is 4.33. The second-order valence-electron chi connectivity index (χ2n) is 5.70. The minimum absolute atomic E-state index is 0.244. The number of phenols is 1. The van der Waals surface area contributed by atoms with E-state index < -0.39 is 11.5 Å². The molecule has 114 valence electrons. The summed E-state index contributed by atoms with van der Waals surface area (Å²) in [6.07, 6.45) is 4.39. The predicted octanol–water partition coefficient (Wildman–Crippen LogP) is 2.60. The van der Waals surface area contributed by atoms with Crippen molar-refractivity contribution in [3.05, 3.63) is 42.0 Å². The fraction of sp³-hybridized carbons (Fsp3) is 0.471. The molecule has 1 atom stereocenters. The van der Waals surface area contributed by atoms with Gasteiger partial charge in [0.05, 0.1) is 0 Å². The minimum Gasteiger partial charge on any atom is -0.508 e. The van der Waals surface area contributed by atoms with Crippen LogP contribution in [-0.2, 0) is 17.6 Å². The van der Waals surface area contributed by atoms with Gasteiger partial charge in [-0.3, -0.25) is 9.69 Å². The Morgan fingerprint density at radius 2 is 2.24 bits per heavy atom. The standard InChI is InChI=1S/C17H23NO3/c1-3-9-18(10-4-2)17(16(20)21)8-7-13-11-15(19)6-5-14(13)12-17/h3,5-6,11,19H,1,4,7-10,12H2,2H3,(H,20,21). The van der Waals surface area contributed by atoms with Crippen molar-refractivity contribution in [1.29, 1.82) is 0 Å². The van der Waals surface area contributed by atoms with E-state index in [2.05, 4.69) is 13.5 Å². The molecule has 0 spiro atoms. The minimum atomic E-state index is -0.867. The van der Waals surface area contributed by atoms with Gasteiger partial charge in [0.1, 0.15) is 11.3 Å². The third kappa shape index (κ3) is 2.95. The first-order valence-corrected chi connectivity index (χ1v) is 7.43. The summed E-state index contributed by atoms with van der Waals surface area (Å²) in [4.78, 5) is 14.0. The largest absolute Gasteiger partial charge is 0.508 e. The second kappa shape index (κ2) is 6.31. The van der Waals surface area contributed by atoms with Gasteiger partial charge in [-0.15, -0.1) is 6.58 Å². The van der Waals surface area contributed by atoms with Crippen LogP contribution in [0.1, 0.15) is 30.9 Å². The molecular weight excluding hydrogens is 266 g/mol. The van der Waals surface area contributed by atoms with Gasteiger partial charge in [-0.1, -0.05) is 19.1 Å². The number of rotatable bonds is 6. The smallest absolute Gasteiger partial charge is 0.324 e. The van der Waals surface area contributed by atoms with Crippen molar-refractivity contribution >= 4 is 5.97 Å². The van der Waals surface area contributed by atoms with Gasteiger partial charge in [0.25, 0.3) is 0 Å². The first-order valence-electron chi connectivity index (χ1n) is 7.43. The molecule has 0 radical (unpaired) electrons. The zero-order chi connectivity index (χ0) is 15.5. The lowest BCUT2D eigenvalue weighted by atomic mass is 9.76. The maximum Gasteiger partial charge on any atom is 0.324 e. The normalized spacial score (nSPS) is 21.0. The Bertz CT molecular complexity index is 541. The number of carbonyl (C=O) groups is 1. The van der Waals surface area contributed by atoms with Gasteiger partial charge in [0, 0.05) is 13.0 Å². The van der Waals surface area contributed by atoms with E-state index >= 15 is 0 Å². The Morgan fingerprint density at radius 1 is 1.48 bits per heavy atom. The van der Waals surface area contributed by atoms with Crippen LogP contribution in [0.3, 0.4) is 0 Å². The van der Waals surface area contributed by atoms with E-state index in [4.69, 9.17) is 0 Å². The highest BCUT2D eigenvalue weighted by Crippen LogP contribution is 2.35. The van der Waals surface area contributed by atoms with E-state index in [1.165, 1.54) is 0 Å². The van der Waals surface area contributed by atoms with E-state index in [9.17, 15) is 15.0 Å². The highest BCUT2D eigenvalue weighted by Gasteiger charge is 2.45. The highest BCUT2D eigenvalue weighted by atomic mass is 16.4. The van der Waals surface area contributed by atoms with Crippen molar-refractivity contribution in [2.24, 2.45) is 0 Å². The van der Waals surface area contributed by atoms with Crippen molar-refractivity contribution in [3.8, 4) is 5.75 Å². The van der Waals surface area contributed by atoms with E-state index in [0.29, 0.717) is 25.8 Å². The maximum atomic E-state index is 12.0. The molecule has 0 aromatic heterocycles. The lowest BCUT2D eigenvalue weighted by molar-refractivity contribution is -0.152. The van der Waals surface area contributed by atoms with Gasteiger partial charge >= 0.3 is 5.97 Å². The first kappa shape index (κ1) is 15.6. The molecule has 1 aliphatic rings. The average molecular weight is 289 g/mol. The molecular formula is C17H23NO3. The number of nitrogens with zero attached hydrogens (tertiary/aromatic N) is 1. The zero-order valence-corrected chi connectivity index (χ0v) is 12.5. The van der Waals surface area contributed by atoms with Crippen molar-refractivity contribution in [1.82, 2.24) is 4.90 Å². The van der Waals surface area contributed by atoms with E-state index in [1.54, 1.807) is 18.2 Å². The van der Waals surface area contributed by atoms with Crippen LogP contribution in [0.15, 0.2) is 30.9 Å². The molecule has 21 heavy (non-hydrogen) atoms. The molecule has 2 rings (SSSR count). The van der Waals surface area contributed by atoms with Gasteiger partial charge in [-0.05, 0) is 49.1 Å². The van der Waals surface area contributed by atoms with Gasteiger partial charge in [0.2, 0.25) is 0 Å². The third-order valence-corrected chi connectivity index (χ3v) is 4.33. The molecule has 0 saturated carbocycles. The van der Waals surface area contributed by atoms with E-state index in [1.807, 2.05) is 11.0 Å².